The molecule has 88 valence electrons. The zero-order chi connectivity index (χ0) is 12.1. The maximum Gasteiger partial charge on any atom is 0.115 e. The summed E-state index contributed by atoms with van der Waals surface area (Å²) in [6.07, 6.45) is 5.78. The summed E-state index contributed by atoms with van der Waals surface area (Å²) in [6.45, 7) is 0. The smallest absolute Gasteiger partial charge is 0.115 e. The molecule has 2 aromatic rings. The Hall–Kier alpha value is -1.49. The molecule has 5 heteroatoms. The highest BCUT2D eigenvalue weighted by Crippen LogP contribution is 2.17. The van der Waals surface area contributed by atoms with Crippen LogP contribution < -0.4 is 11.3 Å². The SMILES string of the molecule is NNC(Cc1ccc(Cl)cc1)c1cncnc1. The van der Waals surface area contributed by atoms with E-state index in [1.54, 1.807) is 12.4 Å². The van der Waals surface area contributed by atoms with Crippen molar-refractivity contribution >= 4 is 11.6 Å². The van der Waals surface area contributed by atoms with Gasteiger partial charge in [0.25, 0.3) is 0 Å². The predicted molar refractivity (Wildman–Crippen MR) is 67.3 cm³/mol. The molecule has 17 heavy (non-hydrogen) atoms. The van der Waals surface area contributed by atoms with Gasteiger partial charge >= 0.3 is 0 Å². The Balaban J connectivity index is 2.13. The topological polar surface area (TPSA) is 63.8 Å². The van der Waals surface area contributed by atoms with Gasteiger partial charge in [-0.3, -0.25) is 11.3 Å². The van der Waals surface area contributed by atoms with Crippen LogP contribution in [-0.4, -0.2) is 9.97 Å². The third-order valence-electron chi connectivity index (χ3n) is 2.54. The molecule has 1 unspecified atom stereocenters. The lowest BCUT2D eigenvalue weighted by Crippen LogP contribution is -2.29. The molecule has 0 fully saturated rings. The van der Waals surface area contributed by atoms with Gasteiger partial charge in [0.2, 0.25) is 0 Å². The first-order chi connectivity index (χ1) is 8.29. The molecular formula is C12H13ClN4. The summed E-state index contributed by atoms with van der Waals surface area (Å²) in [4.78, 5) is 7.96. The summed E-state index contributed by atoms with van der Waals surface area (Å²) in [5, 5.41) is 0.731. The van der Waals surface area contributed by atoms with Crippen LogP contribution in [0, 0.1) is 0 Å². The number of rotatable bonds is 4. The number of nitrogens with two attached hydrogens (primary N) is 1. The number of aromatic nitrogens is 2. The van der Waals surface area contributed by atoms with Gasteiger partial charge in [-0.05, 0) is 24.1 Å². The average Bonchev–Trinajstić information content (AvgIpc) is 2.39. The molecule has 0 radical (unpaired) electrons. The van der Waals surface area contributed by atoms with Gasteiger partial charge in [0.1, 0.15) is 6.33 Å². The van der Waals surface area contributed by atoms with E-state index in [4.69, 9.17) is 17.4 Å². The Labute approximate surface area is 105 Å². The summed E-state index contributed by atoms with van der Waals surface area (Å²) in [7, 11) is 0. The molecule has 3 N–H and O–H groups in total. The minimum Gasteiger partial charge on any atom is -0.271 e. The largest absolute Gasteiger partial charge is 0.271 e. The Morgan fingerprint density at radius 3 is 2.41 bits per heavy atom. The first-order valence-corrected chi connectivity index (χ1v) is 5.63. The van der Waals surface area contributed by atoms with Crippen molar-refractivity contribution in [3.8, 4) is 0 Å². The van der Waals surface area contributed by atoms with Crippen molar-refractivity contribution in [2.75, 3.05) is 0 Å². The molecule has 0 saturated heterocycles. The van der Waals surface area contributed by atoms with E-state index in [1.165, 1.54) is 6.33 Å². The minimum atomic E-state index is -0.00243. The molecule has 2 rings (SSSR count). The first-order valence-electron chi connectivity index (χ1n) is 5.25. The van der Waals surface area contributed by atoms with Crippen LogP contribution in [0.2, 0.25) is 5.02 Å². The predicted octanol–water partition coefficient (Wildman–Crippen LogP) is 1.88. The highest BCUT2D eigenvalue weighted by Gasteiger charge is 2.10. The van der Waals surface area contributed by atoms with E-state index >= 15 is 0 Å². The van der Waals surface area contributed by atoms with Crippen LogP contribution in [0.25, 0.3) is 0 Å². The molecule has 0 spiro atoms. The van der Waals surface area contributed by atoms with Crippen molar-refractivity contribution in [2.45, 2.75) is 12.5 Å². The van der Waals surface area contributed by atoms with Crippen LogP contribution in [0.5, 0.6) is 0 Å². The molecule has 1 aromatic carbocycles. The second-order valence-electron chi connectivity index (χ2n) is 3.72. The molecule has 0 aliphatic heterocycles. The highest BCUT2D eigenvalue weighted by molar-refractivity contribution is 6.30. The number of benzene rings is 1. The number of nitrogens with one attached hydrogen (secondary N) is 1. The van der Waals surface area contributed by atoms with Crippen LogP contribution >= 0.6 is 11.6 Å². The Kier molecular flexibility index (Phi) is 4.03. The number of hydrazine groups is 1. The molecule has 0 aliphatic carbocycles. The summed E-state index contributed by atoms with van der Waals surface area (Å²) in [5.74, 6) is 5.55. The monoisotopic (exact) mass is 248 g/mol. The Morgan fingerprint density at radius 2 is 1.82 bits per heavy atom. The number of hydrogen-bond donors (Lipinski definition) is 2. The van der Waals surface area contributed by atoms with E-state index in [2.05, 4.69) is 15.4 Å². The third-order valence-corrected chi connectivity index (χ3v) is 2.79. The second kappa shape index (κ2) is 5.72. The van der Waals surface area contributed by atoms with Gasteiger partial charge in [0.15, 0.2) is 0 Å². The van der Waals surface area contributed by atoms with Crippen LogP contribution in [-0.2, 0) is 6.42 Å². The van der Waals surface area contributed by atoms with Gasteiger partial charge in [-0.1, -0.05) is 23.7 Å². The van der Waals surface area contributed by atoms with Crippen LogP contribution in [0.1, 0.15) is 17.2 Å². The molecule has 0 bridgehead atoms. The van der Waals surface area contributed by atoms with E-state index in [9.17, 15) is 0 Å². The molecule has 1 atom stereocenters. The minimum absolute atomic E-state index is 0.00243. The molecule has 0 amide bonds. The lowest BCUT2D eigenvalue weighted by molar-refractivity contribution is 0.548. The van der Waals surface area contributed by atoms with Gasteiger partial charge in [0.05, 0.1) is 6.04 Å². The van der Waals surface area contributed by atoms with Gasteiger partial charge in [-0.2, -0.15) is 0 Å². The van der Waals surface area contributed by atoms with Gasteiger partial charge < -0.3 is 0 Å². The maximum atomic E-state index is 5.84. The van der Waals surface area contributed by atoms with Crippen LogP contribution in [0.4, 0.5) is 0 Å². The zero-order valence-corrected chi connectivity index (χ0v) is 9.93. The number of halogens is 1. The summed E-state index contributed by atoms with van der Waals surface area (Å²) >= 11 is 5.84. The lowest BCUT2D eigenvalue weighted by atomic mass is 10.0. The summed E-state index contributed by atoms with van der Waals surface area (Å²) < 4.78 is 0. The highest BCUT2D eigenvalue weighted by atomic mass is 35.5. The number of hydrogen-bond acceptors (Lipinski definition) is 4. The van der Waals surface area contributed by atoms with Crippen molar-refractivity contribution in [3.05, 3.63) is 59.1 Å². The maximum absolute atomic E-state index is 5.84. The summed E-state index contributed by atoms with van der Waals surface area (Å²) in [5.41, 5.74) is 4.89. The fourth-order valence-electron chi connectivity index (χ4n) is 1.62. The van der Waals surface area contributed by atoms with Gasteiger partial charge in [-0.15, -0.1) is 0 Å². The van der Waals surface area contributed by atoms with E-state index in [1.807, 2.05) is 24.3 Å². The first kappa shape index (κ1) is 12.0. The normalized spacial score (nSPS) is 12.4. The van der Waals surface area contributed by atoms with Crippen molar-refractivity contribution < 1.29 is 0 Å². The molecule has 0 aliphatic rings. The van der Waals surface area contributed by atoms with Crippen LogP contribution in [0.3, 0.4) is 0 Å². The molecule has 1 aromatic heterocycles. The van der Waals surface area contributed by atoms with Gasteiger partial charge in [0, 0.05) is 23.0 Å². The standard InChI is InChI=1S/C12H13ClN4/c13-11-3-1-9(2-4-11)5-12(17-14)10-6-15-8-16-7-10/h1-4,6-8,12,17H,5,14H2. The van der Waals surface area contributed by atoms with Gasteiger partial charge in [-0.25, -0.2) is 9.97 Å². The third kappa shape index (κ3) is 3.23. The quantitative estimate of drug-likeness (QED) is 0.641. The van der Waals surface area contributed by atoms with Crippen molar-refractivity contribution in [1.82, 2.24) is 15.4 Å². The van der Waals surface area contributed by atoms with Crippen molar-refractivity contribution in [2.24, 2.45) is 5.84 Å². The molecule has 0 saturated carbocycles. The van der Waals surface area contributed by atoms with E-state index in [-0.39, 0.29) is 6.04 Å². The zero-order valence-electron chi connectivity index (χ0n) is 9.18. The van der Waals surface area contributed by atoms with E-state index < -0.39 is 0 Å². The Bertz CT molecular complexity index is 458. The van der Waals surface area contributed by atoms with E-state index in [0.29, 0.717) is 0 Å². The molecule has 1 heterocycles. The van der Waals surface area contributed by atoms with Crippen molar-refractivity contribution in [1.29, 1.82) is 0 Å². The lowest BCUT2D eigenvalue weighted by Gasteiger charge is -2.15. The van der Waals surface area contributed by atoms with Crippen LogP contribution in [0.15, 0.2) is 43.0 Å². The summed E-state index contributed by atoms with van der Waals surface area (Å²) in [6, 6.07) is 7.70. The fourth-order valence-corrected chi connectivity index (χ4v) is 1.75. The molecular weight excluding hydrogens is 236 g/mol. The fraction of sp³-hybridized carbons (Fsp3) is 0.167. The molecule has 4 nitrogen and oxygen atoms in total. The Morgan fingerprint density at radius 1 is 1.18 bits per heavy atom. The average molecular weight is 249 g/mol. The van der Waals surface area contributed by atoms with E-state index in [0.717, 1.165) is 22.6 Å². The number of nitrogens with zero attached hydrogens (tertiary/aromatic N) is 2. The second-order valence-corrected chi connectivity index (χ2v) is 4.16. The van der Waals surface area contributed by atoms with Crippen molar-refractivity contribution in [3.63, 3.8) is 0 Å².